The van der Waals surface area contributed by atoms with Crippen molar-refractivity contribution in [2.24, 2.45) is 4.99 Å². The third-order valence-electron chi connectivity index (χ3n) is 7.24. The van der Waals surface area contributed by atoms with Gasteiger partial charge in [0.25, 0.3) is 0 Å². The maximum Gasteiger partial charge on any atom is -1.00 e. The van der Waals surface area contributed by atoms with Crippen LogP contribution in [0.25, 0.3) is 10.1 Å². The van der Waals surface area contributed by atoms with Crippen LogP contribution in [0.1, 0.15) is 41.0 Å². The topological polar surface area (TPSA) is 88.1 Å². The molecule has 0 bridgehead atoms. The minimum atomic E-state index is -3.85. The van der Waals surface area contributed by atoms with Gasteiger partial charge in [0.05, 0.1) is 10.6 Å². The van der Waals surface area contributed by atoms with Crippen molar-refractivity contribution in [3.8, 4) is 0 Å². The molecule has 43 heavy (non-hydrogen) atoms. The van der Waals surface area contributed by atoms with Gasteiger partial charge in [0.15, 0.2) is 0 Å². The molecule has 24 heteroatoms. The van der Waals surface area contributed by atoms with Crippen LogP contribution in [-0.4, -0.2) is 265 Å². The predicted molar refractivity (Wildman–Crippen MR) is 195 cm³/mol. The molecule has 1 aromatic carbocycles. The summed E-state index contributed by atoms with van der Waals surface area (Å²) in [4.78, 5) is 16.8. The first-order valence-corrected chi connectivity index (χ1v) is 122. The summed E-state index contributed by atoms with van der Waals surface area (Å²) < 4.78 is 47.6. The zero-order valence-electron chi connectivity index (χ0n) is 29.1. The van der Waals surface area contributed by atoms with Crippen LogP contribution in [0, 0.1) is 12.7 Å². The number of ether oxygens (including phenoxy) is 1. The molecular formula is C19H26Ca14FN3O4S2. The Morgan fingerprint density at radius 3 is 2.05 bits per heavy atom. The molecule has 1 aliphatic rings. The van der Waals surface area contributed by atoms with E-state index in [1.54, 1.807) is 39.8 Å². The fraction of sp³-hybridized carbons (Fsp3) is 0.474. The van der Waals surface area contributed by atoms with Gasteiger partial charge in [-0.3, -0.25) is 5.32 Å². The molecule has 0 saturated carbocycles. The maximum atomic E-state index is 15.2. The molecule has 7 nitrogen and oxygen atoms in total. The zero-order chi connectivity index (χ0) is 32.3. The van der Waals surface area contributed by atoms with Crippen molar-refractivity contribution in [3.05, 3.63) is 34.5 Å². The number of hydrogen-bond acceptors (Lipinski definition) is 6. The number of carbonyl (C=O) groups is 1. The Morgan fingerprint density at radius 2 is 1.58 bits per heavy atom. The number of thiophene rings is 1. The summed E-state index contributed by atoms with van der Waals surface area (Å²) >= 11 is 13.2. The van der Waals surface area contributed by atoms with Gasteiger partial charge in [0.1, 0.15) is 17.0 Å². The van der Waals surface area contributed by atoms with E-state index in [0.717, 1.165) is 71.2 Å². The second-order valence-electron chi connectivity index (χ2n) is 12.5. The average Bonchev–Trinajstić information content (AvgIpc) is 3.26. The molecule has 0 unspecified atom stereocenters. The Morgan fingerprint density at radius 1 is 1.07 bits per heavy atom. The van der Waals surface area contributed by atoms with Gasteiger partial charge in [-0.2, -0.15) is 0 Å². The number of nitrogens with zero attached hydrogens (tertiary/aromatic N) is 2. The minimum Gasteiger partial charge on any atom is -1.00 e. The van der Waals surface area contributed by atoms with Crippen LogP contribution < -0.4 is 5.32 Å². The Balaban J connectivity index is 0.00000104. The van der Waals surface area contributed by atoms with Crippen molar-refractivity contribution in [2.45, 2.75) is 45.8 Å². The van der Waals surface area contributed by atoms with Crippen LogP contribution in [-0.2, 0) is 20.3 Å². The monoisotopic (exact) mass is 1000 g/mol. The quantitative estimate of drug-likeness (QED) is 0.210. The molecule has 0 saturated heterocycles. The molecule has 0 aliphatic carbocycles. The number of benzene rings is 1. The molecule has 3 rings (SSSR count). The van der Waals surface area contributed by atoms with Gasteiger partial charge in [0.2, 0.25) is 16.0 Å². The summed E-state index contributed by atoms with van der Waals surface area (Å²) in [7, 11) is -2.56. The second-order valence-corrected chi connectivity index (χ2v) is 309. The number of hydrogen-bond donors (Lipinski definition) is 1. The Bertz CT molecular complexity index is 1350. The number of sulfonamides is 1. The first kappa shape index (κ1) is 54.6. The van der Waals surface area contributed by atoms with E-state index in [4.69, 9.17) is 4.74 Å². The van der Waals surface area contributed by atoms with Gasteiger partial charge in [0, 0.05) is 17.1 Å². The molecule has 2 heterocycles. The predicted octanol–water partition coefficient (Wildman–Crippen LogP) is -1.39. The molecule has 0 radical (unpaired) electrons. The second kappa shape index (κ2) is 30.5. The number of aliphatic imine (C=N–C) groups is 1. The third kappa shape index (κ3) is 22.6. The van der Waals surface area contributed by atoms with Crippen LogP contribution in [0.3, 0.4) is 0 Å². The van der Waals surface area contributed by atoms with Crippen LogP contribution >= 0.6 is 11.3 Å². The zero-order valence-corrected chi connectivity index (χ0v) is 59.6. The summed E-state index contributed by atoms with van der Waals surface area (Å²) in [5.74, 6) is -1.11. The number of nitrogens with one attached hydrogen (secondary N) is 1. The molecule has 1 amide bonds. The van der Waals surface area contributed by atoms with Gasteiger partial charge in [-0.15, -0.1) is 11.3 Å². The van der Waals surface area contributed by atoms with E-state index >= 15 is 4.39 Å². The van der Waals surface area contributed by atoms with Crippen LogP contribution in [0.5, 0.6) is 0 Å². The van der Waals surface area contributed by atoms with Gasteiger partial charge in [-0.1, -0.05) is 18.2 Å². The Kier molecular flexibility index (Phi) is 38.7. The molecule has 1 atom stereocenters. The Labute approximate surface area is 375 Å². The van der Waals surface area contributed by atoms with Gasteiger partial charge in [-0.05, 0) is 40.2 Å². The fourth-order valence-electron chi connectivity index (χ4n) is 4.88. The van der Waals surface area contributed by atoms with E-state index in [1.807, 2.05) is 64.9 Å². The first-order valence-electron chi connectivity index (χ1n) is 15.5. The van der Waals surface area contributed by atoms with Crippen LogP contribution in [0.2, 0.25) is 0 Å². The van der Waals surface area contributed by atoms with Crippen LogP contribution in [0.4, 0.5) is 9.18 Å². The van der Waals surface area contributed by atoms with E-state index < -0.39 is 38.8 Å². The van der Waals surface area contributed by atoms with E-state index in [0.29, 0.717) is 119 Å². The van der Waals surface area contributed by atoms with Gasteiger partial charge < -0.3 is 7.59 Å². The van der Waals surface area contributed by atoms with E-state index in [1.165, 1.54) is 18.4 Å². The molecule has 2 aromatic rings. The number of fused-ring (bicyclic) bond motifs is 1. The summed E-state index contributed by atoms with van der Waals surface area (Å²) in [6.07, 6.45) is -0.838. The number of guanidine groups is 1. The summed E-state index contributed by atoms with van der Waals surface area (Å²) in [6.45, 7) is 8.49. The number of carbonyl (C=O) groups excluding carboxylic acids is 1. The van der Waals surface area contributed by atoms with Crippen molar-refractivity contribution >= 4 is 265 Å². The molecule has 1 N–H and O–H groups in total. The number of amides is 1. The molecule has 1 aromatic heterocycles. The third-order valence-corrected chi connectivity index (χ3v) is 803. The van der Waals surface area contributed by atoms with E-state index in [9.17, 15) is 13.2 Å². The Hall–Kier alpha value is 15.4. The summed E-state index contributed by atoms with van der Waals surface area (Å²) in [5, 5.41) is 2.82. The van der Waals surface area contributed by atoms with E-state index in [2.05, 4.69) is 10.3 Å². The largest absolute Gasteiger partial charge is 1.00 e. The van der Waals surface area contributed by atoms with Gasteiger partial charge >= 0.3 is 228 Å². The van der Waals surface area contributed by atoms with Gasteiger partial charge in [-0.25, -0.2) is 26.9 Å². The molecule has 1 aliphatic heterocycles. The molecular weight excluding hydrogens is 978 g/mol. The SMILES string of the molecule is Cc1cccc2c(F)c([C@]3(C)CS(=O)(=O)N(C)C(NC(=O)OC(C)(C)C)=N3)sc12.[Ca+][Ca][Ca][Ca][Ca][Ca][Ca][Ca][Ca][Ca][Ca][Ca][Ca][Ca+].[H-].[H-]. The number of rotatable bonds is 12. The van der Waals surface area contributed by atoms with E-state index in [-0.39, 0.29) is 13.7 Å². The average molecular weight is 1000 g/mol. The molecule has 0 spiro atoms. The number of halogens is 1. The standard InChI is InChI=1S/C19H24FN3O4S2.14Ca.2H/c1-11-8-7-9-12-13(20)15(28-14(11)12)19(5)10-29(25,26)23(6)16(22-19)21-17(24)27-18(2,3)4;;;;;;;;;;;;;;;;/h7-9H,10H2,1-6H3,(H,21,22,24);;;;;;;;;;;;;;;;/q;;;;;;;;;;;;;2*+1;2*-1/t19-;;;;;;;;;;;;;;;;/m0................/s1. The maximum absolute atomic E-state index is 15.2. The van der Waals surface area contributed by atoms with Crippen molar-refractivity contribution in [1.29, 1.82) is 0 Å². The molecule has 0 fully saturated rings. The van der Waals surface area contributed by atoms with Crippen molar-refractivity contribution in [2.75, 3.05) is 12.8 Å². The normalized spacial score (nSPS) is 16.0. The van der Waals surface area contributed by atoms with Crippen molar-refractivity contribution < 1.29 is 25.2 Å². The smallest absolute Gasteiger partial charge is 1.00 e. The fourth-order valence-corrected chi connectivity index (χ4v) is 2110. The number of alkyl carbamates (subject to hydrolysis) is 1. The van der Waals surface area contributed by atoms with Crippen molar-refractivity contribution in [1.82, 2.24) is 9.62 Å². The number of aryl methyl sites for hydroxylation is 1. The summed E-state index contributed by atoms with van der Waals surface area (Å²) in [6, 6.07) is 5.28. The minimum absolute atomic E-state index is 0. The first-order chi connectivity index (χ1) is 20.1. The van der Waals surface area contributed by atoms with Crippen molar-refractivity contribution in [3.63, 3.8) is 0 Å². The molecule has 188 valence electrons. The van der Waals surface area contributed by atoms with Crippen LogP contribution in [0.15, 0.2) is 23.2 Å². The summed E-state index contributed by atoms with van der Waals surface area (Å²) in [5.41, 5.74) is -1.27.